The van der Waals surface area contributed by atoms with Crippen LogP contribution in [0.3, 0.4) is 0 Å². The SMILES string of the molecule is COc1ccc(C(=O)N[C@H](C)CCc2ccccc2)cc1CN(C)S(=O)(=O)c1ccccc1. The Bertz CT molecular complexity index is 1170. The maximum atomic E-state index is 12.9. The van der Waals surface area contributed by atoms with Crippen LogP contribution in [-0.2, 0) is 23.0 Å². The standard InChI is InChI=1S/C26H30N2O4S/c1-20(14-15-21-10-6-4-7-11-21)27-26(29)22-16-17-25(32-3)23(18-22)19-28(2)33(30,31)24-12-8-5-9-13-24/h4-13,16-18,20H,14-15,19H2,1-3H3,(H,27,29)/t20-/m1/s1. The van der Waals surface area contributed by atoms with E-state index in [0.29, 0.717) is 16.9 Å². The summed E-state index contributed by atoms with van der Waals surface area (Å²) in [6.45, 7) is 2.05. The van der Waals surface area contributed by atoms with Crippen LogP contribution in [-0.4, -0.2) is 38.8 Å². The molecule has 0 bridgehead atoms. The van der Waals surface area contributed by atoms with Gasteiger partial charge in [-0.15, -0.1) is 0 Å². The molecular formula is C26H30N2O4S. The molecule has 0 aliphatic rings. The second-order valence-electron chi connectivity index (χ2n) is 8.00. The van der Waals surface area contributed by atoms with Crippen molar-refractivity contribution in [2.24, 2.45) is 0 Å². The number of aryl methyl sites for hydroxylation is 1. The van der Waals surface area contributed by atoms with E-state index in [1.54, 1.807) is 48.5 Å². The Morgan fingerprint density at radius 2 is 1.64 bits per heavy atom. The Labute approximate surface area is 196 Å². The van der Waals surface area contributed by atoms with Crippen LogP contribution < -0.4 is 10.1 Å². The average molecular weight is 467 g/mol. The lowest BCUT2D eigenvalue weighted by Gasteiger charge is -2.20. The molecule has 0 heterocycles. The molecule has 3 rings (SSSR count). The molecule has 0 saturated carbocycles. The third kappa shape index (κ3) is 6.43. The lowest BCUT2D eigenvalue weighted by Crippen LogP contribution is -2.33. The van der Waals surface area contributed by atoms with Gasteiger partial charge in [-0.05, 0) is 55.7 Å². The molecule has 6 nitrogen and oxygen atoms in total. The van der Waals surface area contributed by atoms with Crippen molar-refractivity contribution >= 4 is 15.9 Å². The van der Waals surface area contributed by atoms with Gasteiger partial charge in [0.2, 0.25) is 10.0 Å². The largest absolute Gasteiger partial charge is 0.496 e. The molecule has 3 aromatic carbocycles. The molecule has 0 saturated heterocycles. The molecule has 0 spiro atoms. The number of hydrogen-bond donors (Lipinski definition) is 1. The van der Waals surface area contributed by atoms with Crippen molar-refractivity contribution in [3.63, 3.8) is 0 Å². The van der Waals surface area contributed by atoms with Crippen LogP contribution in [0.25, 0.3) is 0 Å². The van der Waals surface area contributed by atoms with Crippen LogP contribution in [0.1, 0.15) is 34.8 Å². The van der Waals surface area contributed by atoms with Gasteiger partial charge < -0.3 is 10.1 Å². The number of hydrogen-bond acceptors (Lipinski definition) is 4. The highest BCUT2D eigenvalue weighted by atomic mass is 32.2. The number of nitrogens with one attached hydrogen (secondary N) is 1. The van der Waals surface area contributed by atoms with E-state index in [-0.39, 0.29) is 23.4 Å². The fourth-order valence-corrected chi connectivity index (χ4v) is 4.72. The second kappa shape index (κ2) is 11.1. The van der Waals surface area contributed by atoms with Crippen molar-refractivity contribution in [2.45, 2.75) is 37.2 Å². The van der Waals surface area contributed by atoms with E-state index in [4.69, 9.17) is 4.74 Å². The van der Waals surface area contributed by atoms with Crippen LogP contribution >= 0.6 is 0 Å². The number of rotatable bonds is 10. The molecule has 7 heteroatoms. The Hall–Kier alpha value is -3.16. The summed E-state index contributed by atoms with van der Waals surface area (Å²) in [6.07, 6.45) is 1.69. The zero-order valence-corrected chi connectivity index (χ0v) is 20.0. The molecule has 3 aromatic rings. The molecule has 1 amide bonds. The predicted octanol–water partition coefficient (Wildman–Crippen LogP) is 4.27. The highest BCUT2D eigenvalue weighted by molar-refractivity contribution is 7.89. The molecule has 0 aliphatic carbocycles. The number of carbonyl (C=O) groups is 1. The molecule has 0 aromatic heterocycles. The van der Waals surface area contributed by atoms with Gasteiger partial charge in [0.1, 0.15) is 5.75 Å². The van der Waals surface area contributed by atoms with E-state index >= 15 is 0 Å². The monoisotopic (exact) mass is 466 g/mol. The van der Waals surface area contributed by atoms with E-state index < -0.39 is 10.0 Å². The third-order valence-corrected chi connectivity index (χ3v) is 7.29. The summed E-state index contributed by atoms with van der Waals surface area (Å²) < 4.78 is 32.5. The highest BCUT2D eigenvalue weighted by Crippen LogP contribution is 2.24. The molecule has 0 radical (unpaired) electrons. The molecule has 0 aliphatic heterocycles. The zero-order valence-electron chi connectivity index (χ0n) is 19.2. The molecule has 0 fully saturated rings. The van der Waals surface area contributed by atoms with Gasteiger partial charge in [0, 0.05) is 30.8 Å². The lowest BCUT2D eigenvalue weighted by atomic mass is 10.1. The van der Waals surface area contributed by atoms with Crippen molar-refractivity contribution in [1.29, 1.82) is 0 Å². The Morgan fingerprint density at radius 1 is 1.00 bits per heavy atom. The molecule has 174 valence electrons. The summed E-state index contributed by atoms with van der Waals surface area (Å²) in [6, 6.07) is 23.5. The number of methoxy groups -OCH3 is 1. The fourth-order valence-electron chi connectivity index (χ4n) is 3.55. The molecule has 1 N–H and O–H groups in total. The Balaban J connectivity index is 1.70. The normalized spacial score (nSPS) is 12.4. The van der Waals surface area contributed by atoms with Crippen molar-refractivity contribution in [3.05, 3.63) is 95.6 Å². The number of nitrogens with zero attached hydrogens (tertiary/aromatic N) is 1. The number of carbonyl (C=O) groups excluding carboxylic acids is 1. The van der Waals surface area contributed by atoms with E-state index in [1.807, 2.05) is 25.1 Å². The van der Waals surface area contributed by atoms with Crippen LogP contribution in [0.4, 0.5) is 0 Å². The quantitative estimate of drug-likeness (QED) is 0.484. The lowest BCUT2D eigenvalue weighted by molar-refractivity contribution is 0.0938. The van der Waals surface area contributed by atoms with Gasteiger partial charge in [-0.1, -0.05) is 48.5 Å². The van der Waals surface area contributed by atoms with E-state index in [2.05, 4.69) is 17.4 Å². The van der Waals surface area contributed by atoms with Gasteiger partial charge in [-0.25, -0.2) is 8.42 Å². The minimum absolute atomic E-state index is 0.00982. The topological polar surface area (TPSA) is 75.7 Å². The summed E-state index contributed by atoms with van der Waals surface area (Å²) in [5, 5.41) is 3.03. The number of ether oxygens (including phenoxy) is 1. The summed E-state index contributed by atoms with van der Waals surface area (Å²) in [7, 11) is -0.633. The second-order valence-corrected chi connectivity index (χ2v) is 10.0. The summed E-state index contributed by atoms with van der Waals surface area (Å²) >= 11 is 0. The zero-order chi connectivity index (χ0) is 23.8. The van der Waals surface area contributed by atoms with Crippen molar-refractivity contribution in [1.82, 2.24) is 9.62 Å². The Kier molecular flexibility index (Phi) is 8.25. The minimum Gasteiger partial charge on any atom is -0.496 e. The summed E-state index contributed by atoms with van der Waals surface area (Å²) in [5.41, 5.74) is 2.31. The van der Waals surface area contributed by atoms with E-state index in [1.165, 1.54) is 24.0 Å². The van der Waals surface area contributed by atoms with Gasteiger partial charge in [0.15, 0.2) is 0 Å². The van der Waals surface area contributed by atoms with Gasteiger partial charge in [0.25, 0.3) is 5.91 Å². The number of sulfonamides is 1. The van der Waals surface area contributed by atoms with Crippen LogP contribution in [0, 0.1) is 0 Å². The van der Waals surface area contributed by atoms with Crippen LogP contribution in [0.2, 0.25) is 0 Å². The van der Waals surface area contributed by atoms with Gasteiger partial charge in [-0.2, -0.15) is 4.31 Å². The summed E-state index contributed by atoms with van der Waals surface area (Å²) in [4.78, 5) is 13.1. The average Bonchev–Trinajstić information content (AvgIpc) is 2.83. The van der Waals surface area contributed by atoms with Gasteiger partial charge in [-0.3, -0.25) is 4.79 Å². The predicted molar refractivity (Wildman–Crippen MR) is 130 cm³/mol. The van der Waals surface area contributed by atoms with E-state index in [9.17, 15) is 13.2 Å². The third-order valence-electron chi connectivity index (χ3n) is 5.47. The molecule has 0 unspecified atom stereocenters. The first-order valence-electron chi connectivity index (χ1n) is 10.8. The van der Waals surface area contributed by atoms with Crippen molar-refractivity contribution in [3.8, 4) is 5.75 Å². The van der Waals surface area contributed by atoms with Gasteiger partial charge in [0.05, 0.1) is 12.0 Å². The van der Waals surface area contributed by atoms with Crippen molar-refractivity contribution in [2.75, 3.05) is 14.2 Å². The highest BCUT2D eigenvalue weighted by Gasteiger charge is 2.22. The van der Waals surface area contributed by atoms with Crippen molar-refractivity contribution < 1.29 is 17.9 Å². The smallest absolute Gasteiger partial charge is 0.251 e. The first kappa shape index (κ1) is 24.5. The first-order valence-corrected chi connectivity index (χ1v) is 12.3. The minimum atomic E-state index is -3.67. The van der Waals surface area contributed by atoms with Crippen LogP contribution in [0.15, 0.2) is 83.8 Å². The maximum absolute atomic E-state index is 12.9. The number of benzene rings is 3. The Morgan fingerprint density at radius 3 is 2.27 bits per heavy atom. The van der Waals surface area contributed by atoms with Crippen LogP contribution in [0.5, 0.6) is 5.75 Å². The molecule has 1 atom stereocenters. The van der Waals surface area contributed by atoms with E-state index in [0.717, 1.165) is 12.8 Å². The molecular weight excluding hydrogens is 436 g/mol. The first-order chi connectivity index (χ1) is 15.8. The molecule has 33 heavy (non-hydrogen) atoms. The maximum Gasteiger partial charge on any atom is 0.251 e. The summed E-state index contributed by atoms with van der Waals surface area (Å²) in [5.74, 6) is 0.326. The van der Waals surface area contributed by atoms with Gasteiger partial charge >= 0.3 is 0 Å². The number of amides is 1. The fraction of sp³-hybridized carbons (Fsp3) is 0.269.